The number of nitrogen functional groups attached to an aromatic ring is 1. The SMILES string of the molecule is COc1ccc(N)c(NCCCC(N)=O)n1. The molecule has 0 unspecified atom stereocenters. The van der Waals surface area contributed by atoms with Crippen molar-refractivity contribution in [2.24, 2.45) is 5.73 Å². The fourth-order valence-electron chi connectivity index (χ4n) is 1.18. The Labute approximate surface area is 94.0 Å². The molecule has 0 atom stereocenters. The minimum atomic E-state index is -0.312. The van der Waals surface area contributed by atoms with E-state index in [0.717, 1.165) is 0 Å². The lowest BCUT2D eigenvalue weighted by Gasteiger charge is -2.08. The molecule has 1 aromatic heterocycles. The van der Waals surface area contributed by atoms with Gasteiger partial charge >= 0.3 is 0 Å². The van der Waals surface area contributed by atoms with Crippen LogP contribution in [0.3, 0.4) is 0 Å². The molecule has 88 valence electrons. The normalized spacial score (nSPS) is 9.81. The summed E-state index contributed by atoms with van der Waals surface area (Å²) in [6.07, 6.45) is 0.991. The number of methoxy groups -OCH3 is 1. The van der Waals surface area contributed by atoms with Crippen molar-refractivity contribution in [3.63, 3.8) is 0 Å². The second-order valence-corrected chi connectivity index (χ2v) is 3.29. The van der Waals surface area contributed by atoms with Crippen LogP contribution >= 0.6 is 0 Å². The number of nitrogens with zero attached hydrogens (tertiary/aromatic N) is 1. The van der Waals surface area contributed by atoms with Crippen molar-refractivity contribution in [1.82, 2.24) is 4.98 Å². The summed E-state index contributed by atoms with van der Waals surface area (Å²) in [7, 11) is 1.54. The number of hydrogen-bond acceptors (Lipinski definition) is 5. The van der Waals surface area contributed by atoms with Crippen LogP contribution < -0.4 is 21.5 Å². The summed E-state index contributed by atoms with van der Waals surface area (Å²) >= 11 is 0. The number of aromatic nitrogens is 1. The summed E-state index contributed by atoms with van der Waals surface area (Å²) in [5, 5.41) is 3.02. The van der Waals surface area contributed by atoms with Gasteiger partial charge in [-0.2, -0.15) is 4.98 Å². The number of carbonyl (C=O) groups excluding carboxylic acids is 1. The molecular formula is C10H16N4O2. The van der Waals surface area contributed by atoms with Crippen molar-refractivity contribution in [2.75, 3.05) is 24.7 Å². The van der Waals surface area contributed by atoms with Gasteiger partial charge in [0.25, 0.3) is 0 Å². The predicted molar refractivity (Wildman–Crippen MR) is 62.1 cm³/mol. The third-order valence-corrected chi connectivity index (χ3v) is 2.00. The van der Waals surface area contributed by atoms with Crippen LogP contribution in [-0.4, -0.2) is 24.5 Å². The van der Waals surface area contributed by atoms with Crippen LogP contribution in [0.4, 0.5) is 11.5 Å². The number of primary amides is 1. The fraction of sp³-hybridized carbons (Fsp3) is 0.400. The molecule has 0 saturated carbocycles. The van der Waals surface area contributed by atoms with Crippen molar-refractivity contribution in [3.05, 3.63) is 12.1 Å². The number of carbonyl (C=O) groups is 1. The summed E-state index contributed by atoms with van der Waals surface area (Å²) in [5.74, 6) is 0.740. The second-order valence-electron chi connectivity index (χ2n) is 3.29. The smallest absolute Gasteiger partial charge is 0.217 e. The molecule has 6 nitrogen and oxygen atoms in total. The van der Waals surface area contributed by atoms with Gasteiger partial charge in [-0.15, -0.1) is 0 Å². The number of pyridine rings is 1. The summed E-state index contributed by atoms with van der Waals surface area (Å²) in [6, 6.07) is 3.40. The zero-order valence-corrected chi connectivity index (χ0v) is 9.19. The van der Waals surface area contributed by atoms with Crippen molar-refractivity contribution in [2.45, 2.75) is 12.8 Å². The standard InChI is InChI=1S/C10H16N4O2/c1-16-9-5-4-7(11)10(14-9)13-6-2-3-8(12)15/h4-5H,2-3,6,11H2,1H3,(H2,12,15)(H,13,14). The van der Waals surface area contributed by atoms with Gasteiger partial charge in [-0.05, 0) is 12.5 Å². The van der Waals surface area contributed by atoms with Gasteiger partial charge in [0.15, 0.2) is 5.82 Å². The largest absolute Gasteiger partial charge is 0.481 e. The molecule has 6 heteroatoms. The van der Waals surface area contributed by atoms with E-state index >= 15 is 0 Å². The van der Waals surface area contributed by atoms with Crippen molar-refractivity contribution in [3.8, 4) is 5.88 Å². The van der Waals surface area contributed by atoms with E-state index in [4.69, 9.17) is 16.2 Å². The van der Waals surface area contributed by atoms with E-state index in [1.54, 1.807) is 12.1 Å². The average Bonchev–Trinajstić information content (AvgIpc) is 2.26. The molecule has 0 saturated heterocycles. The van der Waals surface area contributed by atoms with E-state index in [1.807, 2.05) is 0 Å². The van der Waals surface area contributed by atoms with Gasteiger partial charge in [0.2, 0.25) is 11.8 Å². The quantitative estimate of drug-likeness (QED) is 0.605. The fourth-order valence-corrected chi connectivity index (χ4v) is 1.18. The van der Waals surface area contributed by atoms with Crippen LogP contribution in [0.1, 0.15) is 12.8 Å². The van der Waals surface area contributed by atoms with Crippen molar-refractivity contribution < 1.29 is 9.53 Å². The van der Waals surface area contributed by atoms with Crippen LogP contribution in [0, 0.1) is 0 Å². The van der Waals surface area contributed by atoms with Gasteiger partial charge in [-0.3, -0.25) is 4.79 Å². The maximum atomic E-state index is 10.5. The Bertz CT molecular complexity index is 368. The Morgan fingerprint density at radius 1 is 1.56 bits per heavy atom. The first-order valence-corrected chi connectivity index (χ1v) is 4.96. The first kappa shape index (κ1) is 12.1. The zero-order chi connectivity index (χ0) is 12.0. The lowest BCUT2D eigenvalue weighted by molar-refractivity contribution is -0.118. The maximum Gasteiger partial charge on any atom is 0.217 e. The minimum absolute atomic E-state index is 0.312. The molecule has 0 aliphatic rings. The Morgan fingerprint density at radius 3 is 2.94 bits per heavy atom. The molecule has 1 rings (SSSR count). The second kappa shape index (κ2) is 5.79. The molecule has 0 bridgehead atoms. The highest BCUT2D eigenvalue weighted by atomic mass is 16.5. The molecule has 5 N–H and O–H groups in total. The van der Waals surface area contributed by atoms with Gasteiger partial charge in [-0.25, -0.2) is 0 Å². The minimum Gasteiger partial charge on any atom is -0.481 e. The maximum absolute atomic E-state index is 10.5. The highest BCUT2D eigenvalue weighted by Gasteiger charge is 2.02. The molecule has 0 aliphatic heterocycles. The monoisotopic (exact) mass is 224 g/mol. The zero-order valence-electron chi connectivity index (χ0n) is 9.19. The van der Waals surface area contributed by atoms with E-state index in [0.29, 0.717) is 36.8 Å². The highest BCUT2D eigenvalue weighted by Crippen LogP contribution is 2.19. The lowest BCUT2D eigenvalue weighted by Crippen LogP contribution is -2.13. The van der Waals surface area contributed by atoms with E-state index in [9.17, 15) is 4.79 Å². The number of hydrogen-bond donors (Lipinski definition) is 3. The van der Waals surface area contributed by atoms with Crippen LogP contribution in [0.15, 0.2) is 12.1 Å². The topological polar surface area (TPSA) is 103 Å². The van der Waals surface area contributed by atoms with Crippen LogP contribution in [0.25, 0.3) is 0 Å². The third-order valence-electron chi connectivity index (χ3n) is 2.00. The molecular weight excluding hydrogens is 208 g/mol. The first-order valence-electron chi connectivity index (χ1n) is 4.96. The van der Waals surface area contributed by atoms with Crippen LogP contribution in [-0.2, 0) is 4.79 Å². The number of nitrogens with one attached hydrogen (secondary N) is 1. The Balaban J connectivity index is 2.49. The number of anilines is 2. The van der Waals surface area contributed by atoms with E-state index in [-0.39, 0.29) is 5.91 Å². The lowest BCUT2D eigenvalue weighted by atomic mass is 10.3. The van der Waals surface area contributed by atoms with E-state index in [1.165, 1.54) is 7.11 Å². The molecule has 0 radical (unpaired) electrons. The number of nitrogens with two attached hydrogens (primary N) is 2. The molecule has 0 fully saturated rings. The number of amides is 1. The first-order chi connectivity index (χ1) is 7.63. The Hall–Kier alpha value is -1.98. The molecule has 16 heavy (non-hydrogen) atoms. The molecule has 0 aliphatic carbocycles. The van der Waals surface area contributed by atoms with Crippen LogP contribution in [0.5, 0.6) is 5.88 Å². The highest BCUT2D eigenvalue weighted by molar-refractivity contribution is 5.73. The van der Waals surface area contributed by atoms with Crippen molar-refractivity contribution in [1.29, 1.82) is 0 Å². The van der Waals surface area contributed by atoms with Crippen molar-refractivity contribution >= 4 is 17.4 Å². The van der Waals surface area contributed by atoms with E-state index in [2.05, 4.69) is 10.3 Å². The molecule has 1 aromatic rings. The summed E-state index contributed by atoms with van der Waals surface area (Å²) in [4.78, 5) is 14.6. The molecule has 0 aromatic carbocycles. The average molecular weight is 224 g/mol. The molecule has 1 heterocycles. The Kier molecular flexibility index (Phi) is 4.38. The summed E-state index contributed by atoms with van der Waals surface area (Å²) in [5.41, 5.74) is 11.3. The van der Waals surface area contributed by atoms with Gasteiger partial charge in [0.1, 0.15) is 0 Å². The van der Waals surface area contributed by atoms with Gasteiger partial charge in [0.05, 0.1) is 12.8 Å². The van der Waals surface area contributed by atoms with E-state index < -0.39 is 0 Å². The van der Waals surface area contributed by atoms with Gasteiger partial charge in [-0.1, -0.05) is 0 Å². The summed E-state index contributed by atoms with van der Waals surface area (Å²) < 4.78 is 4.97. The van der Waals surface area contributed by atoms with Gasteiger partial charge in [0, 0.05) is 19.0 Å². The third kappa shape index (κ3) is 3.64. The predicted octanol–water partition coefficient (Wildman–Crippen LogP) is 0.350. The molecule has 0 spiro atoms. The van der Waals surface area contributed by atoms with Crippen LogP contribution in [0.2, 0.25) is 0 Å². The van der Waals surface area contributed by atoms with Gasteiger partial charge < -0.3 is 21.5 Å². The Morgan fingerprint density at radius 2 is 2.31 bits per heavy atom. The molecule has 1 amide bonds. The number of ether oxygens (including phenoxy) is 1. The summed E-state index contributed by atoms with van der Waals surface area (Å²) in [6.45, 7) is 0.591. The number of rotatable bonds is 6.